The second kappa shape index (κ2) is 8.71. The van der Waals surface area contributed by atoms with Gasteiger partial charge in [-0.3, -0.25) is 4.40 Å². The molecule has 2 N–H and O–H groups in total. The minimum absolute atomic E-state index is 0.123. The molecule has 34 heavy (non-hydrogen) atoms. The Hall–Kier alpha value is -3.47. The normalized spacial score (nSPS) is 16.0. The van der Waals surface area contributed by atoms with Crippen molar-refractivity contribution >= 4 is 28.2 Å². The number of hydrogen-bond acceptors (Lipinski definition) is 7. The highest BCUT2D eigenvalue weighted by Gasteiger charge is 2.24. The van der Waals surface area contributed by atoms with E-state index in [4.69, 9.17) is 0 Å². The second-order valence-electron chi connectivity index (χ2n) is 8.55. The van der Waals surface area contributed by atoms with E-state index in [0.717, 1.165) is 11.8 Å². The predicted molar refractivity (Wildman–Crippen MR) is 122 cm³/mol. The Kier molecular flexibility index (Phi) is 5.72. The van der Waals surface area contributed by atoms with Gasteiger partial charge in [-0.15, -0.1) is 10.2 Å². The van der Waals surface area contributed by atoms with Crippen molar-refractivity contribution in [2.75, 3.05) is 23.3 Å². The lowest BCUT2D eigenvalue weighted by Crippen LogP contribution is -2.36. The zero-order valence-corrected chi connectivity index (χ0v) is 18.7. The van der Waals surface area contributed by atoms with Crippen LogP contribution in [0.25, 0.3) is 16.7 Å². The molecule has 1 atom stereocenters. The van der Waals surface area contributed by atoms with Crippen molar-refractivity contribution in [1.82, 2.24) is 24.6 Å². The number of hydrogen-bond donors (Lipinski definition) is 2. The van der Waals surface area contributed by atoms with Crippen molar-refractivity contribution in [3.8, 4) is 0 Å². The number of alkyl halides is 2. The summed E-state index contributed by atoms with van der Waals surface area (Å²) >= 11 is 0. The maximum atomic E-state index is 14.8. The number of pyridine rings is 1. The molecule has 1 aliphatic heterocycles. The highest BCUT2D eigenvalue weighted by molar-refractivity contribution is 5.94. The molecule has 1 aromatic carbocycles. The van der Waals surface area contributed by atoms with Gasteiger partial charge in [-0.05, 0) is 32.8 Å². The molecule has 8 nitrogen and oxygen atoms in total. The molecule has 0 unspecified atom stereocenters. The first-order chi connectivity index (χ1) is 16.3. The van der Waals surface area contributed by atoms with E-state index in [9.17, 15) is 18.3 Å². The van der Waals surface area contributed by atoms with Crippen LogP contribution in [0.15, 0.2) is 30.6 Å². The maximum absolute atomic E-state index is 14.8. The van der Waals surface area contributed by atoms with Crippen LogP contribution in [0.3, 0.4) is 0 Å². The Bertz CT molecular complexity index is 1350. The van der Waals surface area contributed by atoms with Crippen molar-refractivity contribution in [3.05, 3.63) is 53.4 Å². The number of aromatic nitrogens is 5. The van der Waals surface area contributed by atoms with Crippen LogP contribution in [0.2, 0.25) is 0 Å². The smallest absolute Gasteiger partial charge is 0.266 e. The van der Waals surface area contributed by atoms with Crippen LogP contribution < -0.4 is 10.2 Å². The molecule has 5 rings (SSSR count). The van der Waals surface area contributed by atoms with Gasteiger partial charge in [-0.25, -0.2) is 23.1 Å². The van der Waals surface area contributed by atoms with Gasteiger partial charge in [0.25, 0.3) is 6.43 Å². The summed E-state index contributed by atoms with van der Waals surface area (Å²) in [6, 6.07) is 5.27. The summed E-state index contributed by atoms with van der Waals surface area (Å²) in [5, 5.41) is 22.1. The van der Waals surface area contributed by atoms with Gasteiger partial charge in [-0.2, -0.15) is 0 Å². The van der Waals surface area contributed by atoms with Crippen LogP contribution >= 0.6 is 0 Å². The third-order valence-corrected chi connectivity index (χ3v) is 6.24. The quantitative estimate of drug-likeness (QED) is 0.451. The van der Waals surface area contributed by atoms with E-state index in [1.807, 2.05) is 6.07 Å². The Morgan fingerprint density at radius 2 is 1.85 bits per heavy atom. The van der Waals surface area contributed by atoms with Crippen LogP contribution in [0.5, 0.6) is 0 Å². The maximum Gasteiger partial charge on any atom is 0.266 e. The summed E-state index contributed by atoms with van der Waals surface area (Å²) in [7, 11) is 0. The Labute approximate surface area is 193 Å². The fourth-order valence-corrected chi connectivity index (χ4v) is 4.45. The molecule has 0 saturated carbocycles. The van der Waals surface area contributed by atoms with Crippen molar-refractivity contribution in [2.45, 2.75) is 45.3 Å². The van der Waals surface area contributed by atoms with Crippen LogP contribution in [0, 0.1) is 12.7 Å². The van der Waals surface area contributed by atoms with Gasteiger partial charge >= 0.3 is 0 Å². The van der Waals surface area contributed by atoms with E-state index < -0.39 is 23.8 Å². The Morgan fingerprint density at radius 3 is 2.59 bits per heavy atom. The van der Waals surface area contributed by atoms with Crippen LogP contribution in [0.1, 0.15) is 49.2 Å². The molecule has 4 aromatic rings. The number of nitrogens with one attached hydrogen (secondary N) is 1. The first-order valence-electron chi connectivity index (χ1n) is 11.1. The number of rotatable bonds is 5. The summed E-state index contributed by atoms with van der Waals surface area (Å²) in [6.45, 7) is 4.75. The second-order valence-corrected chi connectivity index (χ2v) is 8.55. The number of benzene rings is 1. The summed E-state index contributed by atoms with van der Waals surface area (Å²) in [4.78, 5) is 11.2. The molecule has 0 aliphatic carbocycles. The van der Waals surface area contributed by atoms with Gasteiger partial charge in [0.1, 0.15) is 23.8 Å². The molecule has 1 aliphatic rings. The standard InChI is InChI=1S/C23H24F3N7O/c1-12(15-4-3-5-16(19(15)24)20(25)26)28-21-17-10-18(32-8-6-14(34)7-9-32)23-31-27-11-33(23)22(17)30-13(2)29-21/h3-5,10-12,14,20,34H,6-9H2,1-2H3,(H,28,29,30)/t12-/m1/s1. The van der Waals surface area contributed by atoms with Gasteiger partial charge in [0.15, 0.2) is 11.3 Å². The Morgan fingerprint density at radius 1 is 1.12 bits per heavy atom. The van der Waals surface area contributed by atoms with Gasteiger partial charge in [-0.1, -0.05) is 18.2 Å². The van der Waals surface area contributed by atoms with Crippen molar-refractivity contribution in [2.24, 2.45) is 0 Å². The SMILES string of the molecule is Cc1nc(N[C@H](C)c2cccc(C(F)F)c2F)c2cc(N3CCC(O)CC3)c3nncn3c2n1. The summed E-state index contributed by atoms with van der Waals surface area (Å²) in [5.41, 5.74) is 1.53. The molecule has 0 radical (unpaired) electrons. The van der Waals surface area contributed by atoms with Gasteiger partial charge < -0.3 is 15.3 Å². The Balaban J connectivity index is 1.60. The monoisotopic (exact) mass is 471 g/mol. The van der Waals surface area contributed by atoms with Crippen molar-refractivity contribution < 1.29 is 18.3 Å². The largest absolute Gasteiger partial charge is 0.393 e. The van der Waals surface area contributed by atoms with Gasteiger partial charge in [0.05, 0.1) is 28.8 Å². The van der Waals surface area contributed by atoms with E-state index >= 15 is 0 Å². The number of aryl methyl sites for hydroxylation is 1. The zero-order valence-electron chi connectivity index (χ0n) is 18.7. The lowest BCUT2D eigenvalue weighted by atomic mass is 10.0. The van der Waals surface area contributed by atoms with E-state index in [1.165, 1.54) is 12.1 Å². The average molecular weight is 471 g/mol. The van der Waals surface area contributed by atoms with Crippen molar-refractivity contribution in [1.29, 1.82) is 0 Å². The molecule has 4 heterocycles. The molecule has 1 saturated heterocycles. The van der Waals surface area contributed by atoms with Crippen LogP contribution in [-0.2, 0) is 0 Å². The highest BCUT2D eigenvalue weighted by atomic mass is 19.3. The van der Waals surface area contributed by atoms with E-state index in [0.29, 0.717) is 54.3 Å². The first kappa shape index (κ1) is 22.3. The van der Waals surface area contributed by atoms with E-state index in [2.05, 4.69) is 30.4 Å². The summed E-state index contributed by atoms with van der Waals surface area (Å²) in [5.74, 6) is -0.0000564. The zero-order chi connectivity index (χ0) is 24.0. The topological polar surface area (TPSA) is 91.5 Å². The minimum atomic E-state index is -2.90. The van der Waals surface area contributed by atoms with Crippen molar-refractivity contribution in [3.63, 3.8) is 0 Å². The molecule has 178 valence electrons. The number of halogens is 3. The van der Waals surface area contributed by atoms with Crippen LogP contribution in [0.4, 0.5) is 24.7 Å². The van der Waals surface area contributed by atoms with Gasteiger partial charge in [0.2, 0.25) is 0 Å². The molecule has 0 bridgehead atoms. The molecule has 3 aromatic heterocycles. The molecular formula is C23H24F3N7O. The average Bonchev–Trinajstić information content (AvgIpc) is 3.29. The number of aliphatic hydroxyl groups excluding tert-OH is 1. The summed E-state index contributed by atoms with van der Waals surface area (Å²) in [6.07, 6.45) is -0.365. The fourth-order valence-electron chi connectivity index (χ4n) is 4.45. The third kappa shape index (κ3) is 3.89. The number of piperidine rings is 1. The number of fused-ring (bicyclic) bond motifs is 3. The summed E-state index contributed by atoms with van der Waals surface area (Å²) < 4.78 is 43.0. The number of nitrogens with zero attached hydrogens (tertiary/aromatic N) is 6. The molecule has 0 spiro atoms. The highest BCUT2D eigenvalue weighted by Crippen LogP contribution is 2.34. The van der Waals surface area contributed by atoms with E-state index in [-0.39, 0.29) is 11.7 Å². The molecule has 1 fully saturated rings. The van der Waals surface area contributed by atoms with Crippen LogP contribution in [-0.4, -0.2) is 48.9 Å². The predicted octanol–water partition coefficient (Wildman–Crippen LogP) is 4.19. The molecule has 11 heteroatoms. The fraction of sp³-hybridized carbons (Fsp3) is 0.391. The number of anilines is 2. The minimum Gasteiger partial charge on any atom is -0.393 e. The lowest BCUT2D eigenvalue weighted by Gasteiger charge is -2.31. The molecular weight excluding hydrogens is 447 g/mol. The molecule has 0 amide bonds. The third-order valence-electron chi connectivity index (χ3n) is 6.24. The number of aliphatic hydroxyl groups is 1. The first-order valence-corrected chi connectivity index (χ1v) is 11.1. The van der Waals surface area contributed by atoms with E-state index in [1.54, 1.807) is 24.6 Å². The van der Waals surface area contributed by atoms with Gasteiger partial charge in [0, 0.05) is 18.7 Å². The lowest BCUT2D eigenvalue weighted by molar-refractivity contribution is 0.145.